The molecule has 0 saturated carbocycles. The number of likely N-dealkylation sites (tertiary alicyclic amines) is 1. The largest absolute Gasteiger partial charge is 0.342 e. The summed E-state index contributed by atoms with van der Waals surface area (Å²) >= 11 is 0. The van der Waals surface area contributed by atoms with Crippen molar-refractivity contribution in [3.63, 3.8) is 0 Å². The van der Waals surface area contributed by atoms with E-state index in [9.17, 15) is 13.2 Å². The van der Waals surface area contributed by atoms with Crippen molar-refractivity contribution in [1.29, 1.82) is 0 Å². The van der Waals surface area contributed by atoms with Crippen LogP contribution in [0, 0.1) is 0 Å². The van der Waals surface area contributed by atoms with Crippen LogP contribution in [-0.2, 0) is 27.8 Å². The monoisotopic (exact) mass is 403 g/mol. The molecule has 8 nitrogen and oxygen atoms in total. The summed E-state index contributed by atoms with van der Waals surface area (Å²) in [5, 5.41) is 0. The van der Waals surface area contributed by atoms with Gasteiger partial charge in [0.15, 0.2) is 0 Å². The molecule has 1 atom stereocenters. The highest BCUT2D eigenvalue weighted by Crippen LogP contribution is 2.30. The van der Waals surface area contributed by atoms with Gasteiger partial charge in [-0.2, -0.15) is 4.31 Å². The van der Waals surface area contributed by atoms with E-state index in [1.807, 2.05) is 22.6 Å². The van der Waals surface area contributed by atoms with E-state index in [1.165, 1.54) is 16.9 Å². The molecule has 0 radical (unpaired) electrons. The predicted molar refractivity (Wildman–Crippen MR) is 103 cm³/mol. The number of hydrogen-bond acceptors (Lipinski definition) is 5. The first-order valence-corrected chi connectivity index (χ1v) is 11.2. The van der Waals surface area contributed by atoms with Crippen LogP contribution in [0.1, 0.15) is 43.7 Å². The molecule has 4 heterocycles. The minimum absolute atomic E-state index is 0.0997. The van der Waals surface area contributed by atoms with Gasteiger partial charge in [0.1, 0.15) is 10.7 Å². The van der Waals surface area contributed by atoms with Crippen LogP contribution in [-0.4, -0.2) is 57.7 Å². The molecule has 1 saturated heterocycles. The number of pyridine rings is 1. The van der Waals surface area contributed by atoms with Crippen LogP contribution in [0.5, 0.6) is 0 Å². The number of carbonyl (C=O) groups excluding carboxylic acids is 1. The highest BCUT2D eigenvalue weighted by molar-refractivity contribution is 7.89. The lowest BCUT2D eigenvalue weighted by Gasteiger charge is -2.32. The number of rotatable bonds is 4. The smallest absolute Gasteiger partial charge is 0.245 e. The fourth-order valence-corrected chi connectivity index (χ4v) is 5.53. The first-order valence-electron chi connectivity index (χ1n) is 9.72. The van der Waals surface area contributed by atoms with Crippen LogP contribution in [0.25, 0.3) is 0 Å². The van der Waals surface area contributed by atoms with Crippen molar-refractivity contribution >= 4 is 15.9 Å². The Balaban J connectivity index is 1.52. The number of sulfonamides is 1. The Morgan fingerprint density at radius 1 is 1.18 bits per heavy atom. The number of hydrogen-bond donors (Lipinski definition) is 0. The van der Waals surface area contributed by atoms with Crippen molar-refractivity contribution < 1.29 is 13.2 Å². The Bertz CT molecular complexity index is 951. The topological polar surface area (TPSA) is 88.4 Å². The molecule has 0 aliphatic carbocycles. The Labute approximate surface area is 165 Å². The Hall–Kier alpha value is -2.26. The maximum atomic E-state index is 13.0. The van der Waals surface area contributed by atoms with E-state index in [0.717, 1.165) is 25.9 Å². The summed E-state index contributed by atoms with van der Waals surface area (Å²) in [7, 11) is -3.64. The molecule has 28 heavy (non-hydrogen) atoms. The summed E-state index contributed by atoms with van der Waals surface area (Å²) in [6.45, 7) is 4.35. The number of imidazole rings is 1. The van der Waals surface area contributed by atoms with Crippen LogP contribution in [0.15, 0.2) is 35.6 Å². The number of carbonyl (C=O) groups is 1. The first kappa shape index (κ1) is 19.1. The highest BCUT2D eigenvalue weighted by atomic mass is 32.2. The van der Waals surface area contributed by atoms with E-state index in [1.54, 1.807) is 18.3 Å². The average molecular weight is 404 g/mol. The van der Waals surface area contributed by atoms with E-state index in [-0.39, 0.29) is 17.2 Å². The van der Waals surface area contributed by atoms with Crippen molar-refractivity contribution in [2.24, 2.45) is 0 Å². The van der Waals surface area contributed by atoms with Gasteiger partial charge in [0.05, 0.1) is 18.2 Å². The van der Waals surface area contributed by atoms with Gasteiger partial charge in [-0.05, 0) is 38.3 Å². The molecule has 4 rings (SSSR count). The van der Waals surface area contributed by atoms with Gasteiger partial charge in [0.25, 0.3) is 0 Å². The zero-order chi connectivity index (χ0) is 19.7. The minimum atomic E-state index is -3.64. The fraction of sp³-hybridized carbons (Fsp3) is 0.526. The van der Waals surface area contributed by atoms with Gasteiger partial charge in [-0.15, -0.1) is 0 Å². The van der Waals surface area contributed by atoms with Gasteiger partial charge in [0, 0.05) is 44.8 Å². The SMILES string of the molecule is CC1c2nc(CC(=O)N3CCCCC3)cn2CCN1S(=O)(=O)c1cccnc1. The highest BCUT2D eigenvalue weighted by Gasteiger charge is 2.35. The maximum absolute atomic E-state index is 13.0. The summed E-state index contributed by atoms with van der Waals surface area (Å²) in [5.74, 6) is 0.780. The number of piperidine rings is 1. The van der Waals surface area contributed by atoms with Crippen LogP contribution >= 0.6 is 0 Å². The molecule has 0 spiro atoms. The van der Waals surface area contributed by atoms with E-state index < -0.39 is 16.1 Å². The van der Waals surface area contributed by atoms with Crippen LogP contribution in [0.2, 0.25) is 0 Å². The summed E-state index contributed by atoms with van der Waals surface area (Å²) in [6.07, 6.45) is 8.38. The third-order valence-corrected chi connectivity index (χ3v) is 7.46. The summed E-state index contributed by atoms with van der Waals surface area (Å²) < 4.78 is 29.4. The lowest BCUT2D eigenvalue weighted by atomic mass is 10.1. The summed E-state index contributed by atoms with van der Waals surface area (Å²) in [5.41, 5.74) is 0.707. The number of aromatic nitrogens is 3. The molecule has 1 unspecified atom stereocenters. The zero-order valence-electron chi connectivity index (χ0n) is 16.0. The van der Waals surface area contributed by atoms with Crippen LogP contribution < -0.4 is 0 Å². The van der Waals surface area contributed by atoms with Crippen molar-refractivity contribution in [2.75, 3.05) is 19.6 Å². The first-order chi connectivity index (χ1) is 13.5. The quantitative estimate of drug-likeness (QED) is 0.774. The zero-order valence-corrected chi connectivity index (χ0v) is 16.8. The molecular weight excluding hydrogens is 378 g/mol. The molecule has 150 valence electrons. The van der Waals surface area contributed by atoms with Crippen molar-refractivity contribution in [2.45, 2.75) is 50.1 Å². The van der Waals surface area contributed by atoms with Crippen LogP contribution in [0.4, 0.5) is 0 Å². The predicted octanol–water partition coefficient (Wildman–Crippen LogP) is 1.60. The summed E-state index contributed by atoms with van der Waals surface area (Å²) in [6, 6.07) is 2.77. The molecular formula is C19H25N5O3S. The van der Waals surface area contributed by atoms with Crippen molar-refractivity contribution in [3.05, 3.63) is 42.2 Å². The third kappa shape index (κ3) is 3.56. The summed E-state index contributed by atoms with van der Waals surface area (Å²) in [4.78, 5) is 23.2. The normalized spacial score (nSPS) is 20.8. The van der Waals surface area contributed by atoms with Gasteiger partial charge >= 0.3 is 0 Å². The van der Waals surface area contributed by atoms with Crippen molar-refractivity contribution in [1.82, 2.24) is 23.7 Å². The lowest BCUT2D eigenvalue weighted by Crippen LogP contribution is -2.41. The minimum Gasteiger partial charge on any atom is -0.342 e. The molecule has 2 aromatic heterocycles. The third-order valence-electron chi connectivity index (χ3n) is 5.51. The molecule has 0 aromatic carbocycles. The standard InChI is InChI=1S/C19H25N5O3S/c1-15-19-21-16(12-18(25)22-8-3-2-4-9-22)14-23(19)10-11-24(15)28(26,27)17-6-5-7-20-13-17/h5-7,13-15H,2-4,8-12H2,1H3. The van der Waals surface area contributed by atoms with Crippen molar-refractivity contribution in [3.8, 4) is 0 Å². The molecule has 0 bridgehead atoms. The fourth-order valence-electron chi connectivity index (χ4n) is 3.99. The lowest BCUT2D eigenvalue weighted by molar-refractivity contribution is -0.131. The molecule has 2 aliphatic rings. The van der Waals surface area contributed by atoms with Gasteiger partial charge in [-0.25, -0.2) is 13.4 Å². The Morgan fingerprint density at radius 2 is 1.96 bits per heavy atom. The molecule has 1 fully saturated rings. The van der Waals surface area contributed by atoms with E-state index >= 15 is 0 Å². The Morgan fingerprint density at radius 3 is 2.68 bits per heavy atom. The van der Waals surface area contributed by atoms with E-state index in [4.69, 9.17) is 0 Å². The number of fused-ring (bicyclic) bond motifs is 1. The molecule has 1 amide bonds. The van der Waals surface area contributed by atoms with Crippen LogP contribution in [0.3, 0.4) is 0 Å². The average Bonchev–Trinajstić information content (AvgIpc) is 3.13. The number of nitrogens with zero attached hydrogens (tertiary/aromatic N) is 5. The number of amides is 1. The molecule has 9 heteroatoms. The second-order valence-electron chi connectivity index (χ2n) is 7.38. The molecule has 2 aromatic rings. The second-order valence-corrected chi connectivity index (χ2v) is 9.27. The van der Waals surface area contributed by atoms with E-state index in [2.05, 4.69) is 9.97 Å². The maximum Gasteiger partial charge on any atom is 0.245 e. The van der Waals surface area contributed by atoms with Gasteiger partial charge in [-0.3, -0.25) is 9.78 Å². The van der Waals surface area contributed by atoms with Gasteiger partial charge < -0.3 is 9.47 Å². The van der Waals surface area contributed by atoms with Gasteiger partial charge in [0.2, 0.25) is 15.9 Å². The Kier molecular flexibility index (Phi) is 5.20. The van der Waals surface area contributed by atoms with E-state index in [0.29, 0.717) is 24.6 Å². The molecule has 2 aliphatic heterocycles. The van der Waals surface area contributed by atoms with Gasteiger partial charge in [-0.1, -0.05) is 0 Å². The second kappa shape index (κ2) is 7.63. The molecule has 0 N–H and O–H groups in total.